The van der Waals surface area contributed by atoms with Gasteiger partial charge in [-0.2, -0.15) is 13.2 Å². The zero-order chi connectivity index (χ0) is 11.8. The van der Waals surface area contributed by atoms with Crippen LogP contribution in [0, 0.1) is 17.5 Å². The van der Waals surface area contributed by atoms with E-state index >= 15 is 0 Å². The molecule has 0 fully saturated rings. The predicted octanol–water partition coefficient (Wildman–Crippen LogP) is 2.70. The third kappa shape index (κ3) is 2.23. The molecule has 0 saturated heterocycles. The molecule has 0 saturated carbocycles. The van der Waals surface area contributed by atoms with Gasteiger partial charge in [0.15, 0.2) is 23.6 Å². The molecule has 1 N–H and O–H groups in total. The van der Waals surface area contributed by atoms with E-state index in [1.165, 1.54) is 0 Å². The first-order chi connectivity index (χ1) is 6.75. The van der Waals surface area contributed by atoms with Gasteiger partial charge in [0.25, 0.3) is 0 Å². The van der Waals surface area contributed by atoms with Gasteiger partial charge in [0, 0.05) is 5.56 Å². The molecule has 0 aliphatic carbocycles. The average Bonchev–Trinajstić information content (AvgIpc) is 2.12. The topological polar surface area (TPSA) is 20.2 Å². The highest BCUT2D eigenvalue weighted by molar-refractivity contribution is 5.23. The van der Waals surface area contributed by atoms with Crippen LogP contribution in [0.15, 0.2) is 12.1 Å². The molecule has 1 nitrogen and oxygen atoms in total. The highest BCUT2D eigenvalue weighted by Gasteiger charge is 2.41. The van der Waals surface area contributed by atoms with Crippen molar-refractivity contribution in [1.82, 2.24) is 0 Å². The van der Waals surface area contributed by atoms with Crippen molar-refractivity contribution in [1.29, 1.82) is 0 Å². The van der Waals surface area contributed by atoms with Crippen LogP contribution in [-0.4, -0.2) is 11.3 Å². The normalized spacial score (nSPS) is 14.1. The molecule has 0 aliphatic heterocycles. The summed E-state index contributed by atoms with van der Waals surface area (Å²) in [5.41, 5.74) is -1.35. The second-order valence-corrected chi connectivity index (χ2v) is 2.71. The van der Waals surface area contributed by atoms with Crippen LogP contribution >= 0.6 is 0 Å². The summed E-state index contributed by atoms with van der Waals surface area (Å²) in [6.07, 6.45) is -8.31. The fourth-order valence-electron chi connectivity index (χ4n) is 0.928. The van der Waals surface area contributed by atoms with E-state index in [2.05, 4.69) is 0 Å². The molecule has 7 heteroatoms. The maximum Gasteiger partial charge on any atom is 0.418 e. The number of aliphatic hydroxyl groups excluding tert-OH is 1. The summed E-state index contributed by atoms with van der Waals surface area (Å²) in [6, 6.07) is 0.647. The molecular weight excluding hydrogens is 226 g/mol. The highest BCUT2D eigenvalue weighted by atomic mass is 19.4. The lowest BCUT2D eigenvalue weighted by molar-refractivity contribution is -0.207. The molecule has 1 rings (SSSR count). The van der Waals surface area contributed by atoms with Gasteiger partial charge < -0.3 is 5.11 Å². The zero-order valence-electron chi connectivity index (χ0n) is 6.95. The molecule has 1 atom stereocenters. The summed E-state index contributed by atoms with van der Waals surface area (Å²) in [6.45, 7) is 0. The van der Waals surface area contributed by atoms with Gasteiger partial charge in [-0.3, -0.25) is 0 Å². The van der Waals surface area contributed by atoms with E-state index in [1.807, 2.05) is 0 Å². The van der Waals surface area contributed by atoms with Crippen LogP contribution in [-0.2, 0) is 0 Å². The van der Waals surface area contributed by atoms with Crippen molar-refractivity contribution in [3.63, 3.8) is 0 Å². The number of rotatable bonds is 1. The largest absolute Gasteiger partial charge is 0.418 e. The summed E-state index contributed by atoms with van der Waals surface area (Å²) < 4.78 is 73.4. The summed E-state index contributed by atoms with van der Waals surface area (Å²) in [4.78, 5) is 0. The minimum Gasteiger partial charge on any atom is -0.379 e. The van der Waals surface area contributed by atoms with Crippen molar-refractivity contribution in [3.8, 4) is 0 Å². The number of aliphatic hydroxyl groups is 1. The van der Waals surface area contributed by atoms with Crippen LogP contribution in [0.25, 0.3) is 0 Å². The Hall–Kier alpha value is -1.24. The Morgan fingerprint density at radius 1 is 1.00 bits per heavy atom. The Morgan fingerprint density at radius 2 is 1.53 bits per heavy atom. The van der Waals surface area contributed by atoms with Gasteiger partial charge >= 0.3 is 6.18 Å². The van der Waals surface area contributed by atoms with E-state index in [-0.39, 0.29) is 0 Å². The summed E-state index contributed by atoms with van der Waals surface area (Å²) in [5.74, 6) is -5.71. The van der Waals surface area contributed by atoms with Crippen molar-refractivity contribution in [2.75, 3.05) is 0 Å². The number of benzene rings is 1. The molecule has 1 aromatic rings. The van der Waals surface area contributed by atoms with Gasteiger partial charge in [-0.1, -0.05) is 6.07 Å². The summed E-state index contributed by atoms with van der Waals surface area (Å²) in [7, 11) is 0. The predicted molar refractivity (Wildman–Crippen MR) is 37.3 cm³/mol. The number of halogens is 6. The Balaban J connectivity index is 3.23. The van der Waals surface area contributed by atoms with Crippen LogP contribution in [0.2, 0.25) is 0 Å². The number of hydrogen-bond acceptors (Lipinski definition) is 1. The lowest BCUT2D eigenvalue weighted by Crippen LogP contribution is -2.21. The average molecular weight is 230 g/mol. The van der Waals surface area contributed by atoms with Crippen LogP contribution in [0.3, 0.4) is 0 Å². The zero-order valence-corrected chi connectivity index (χ0v) is 6.95. The van der Waals surface area contributed by atoms with Gasteiger partial charge in [-0.25, -0.2) is 13.2 Å². The van der Waals surface area contributed by atoms with Gasteiger partial charge in [-0.05, 0) is 6.07 Å². The number of hydrogen-bond donors (Lipinski definition) is 1. The monoisotopic (exact) mass is 230 g/mol. The van der Waals surface area contributed by atoms with Crippen molar-refractivity contribution >= 4 is 0 Å². The molecule has 15 heavy (non-hydrogen) atoms. The second kappa shape index (κ2) is 3.73. The van der Waals surface area contributed by atoms with Crippen LogP contribution in [0.1, 0.15) is 11.7 Å². The minimum absolute atomic E-state index is 0.308. The number of alkyl halides is 3. The smallest absolute Gasteiger partial charge is 0.379 e. The first-order valence-corrected chi connectivity index (χ1v) is 3.63. The second-order valence-electron chi connectivity index (χ2n) is 2.71. The highest BCUT2D eigenvalue weighted by Crippen LogP contribution is 2.34. The maximum absolute atomic E-state index is 12.8. The molecule has 0 spiro atoms. The van der Waals surface area contributed by atoms with Gasteiger partial charge in [0.05, 0.1) is 0 Å². The third-order valence-electron chi connectivity index (χ3n) is 1.67. The molecule has 84 valence electrons. The van der Waals surface area contributed by atoms with Crippen molar-refractivity contribution in [3.05, 3.63) is 35.1 Å². The lowest BCUT2D eigenvalue weighted by Gasteiger charge is -2.15. The Bertz CT molecular complexity index is 372. The molecule has 1 unspecified atom stereocenters. The van der Waals surface area contributed by atoms with Crippen molar-refractivity contribution in [2.45, 2.75) is 12.3 Å². The van der Waals surface area contributed by atoms with E-state index in [1.54, 1.807) is 0 Å². The minimum atomic E-state index is -5.13. The van der Waals surface area contributed by atoms with E-state index < -0.39 is 35.3 Å². The maximum atomic E-state index is 12.8. The van der Waals surface area contributed by atoms with E-state index in [4.69, 9.17) is 5.11 Å². The van der Waals surface area contributed by atoms with Crippen LogP contribution in [0.5, 0.6) is 0 Å². The fourth-order valence-corrected chi connectivity index (χ4v) is 0.928. The molecule has 0 heterocycles. The van der Waals surface area contributed by atoms with Gasteiger partial charge in [0.2, 0.25) is 0 Å². The van der Waals surface area contributed by atoms with Crippen molar-refractivity contribution in [2.24, 2.45) is 0 Å². The standard InChI is InChI=1S/C8H4F6O/c9-4-2-1-3(5(10)6(4)11)7(15)8(12,13)14/h1-2,7,15H. The lowest BCUT2D eigenvalue weighted by atomic mass is 10.1. The molecule has 0 bridgehead atoms. The van der Waals surface area contributed by atoms with E-state index in [0.717, 1.165) is 0 Å². The third-order valence-corrected chi connectivity index (χ3v) is 1.67. The SMILES string of the molecule is OC(c1ccc(F)c(F)c1F)C(F)(F)F. The van der Waals surface area contributed by atoms with Gasteiger partial charge in [-0.15, -0.1) is 0 Å². The molecule has 0 aliphatic rings. The van der Waals surface area contributed by atoms with Crippen LogP contribution in [0.4, 0.5) is 26.3 Å². The molecule has 0 amide bonds. The molecule has 0 aromatic heterocycles. The Kier molecular flexibility index (Phi) is 2.94. The Labute approximate surface area is 79.9 Å². The Morgan fingerprint density at radius 3 is 2.00 bits per heavy atom. The van der Waals surface area contributed by atoms with Crippen molar-refractivity contribution < 1.29 is 31.4 Å². The van der Waals surface area contributed by atoms with Crippen LogP contribution < -0.4 is 0 Å². The quantitative estimate of drug-likeness (QED) is 0.580. The first kappa shape index (κ1) is 11.8. The molecule has 0 radical (unpaired) electrons. The first-order valence-electron chi connectivity index (χ1n) is 3.63. The van der Waals surface area contributed by atoms with Gasteiger partial charge in [0.1, 0.15) is 0 Å². The van der Waals surface area contributed by atoms with E-state index in [9.17, 15) is 26.3 Å². The fraction of sp³-hybridized carbons (Fsp3) is 0.250. The van der Waals surface area contributed by atoms with E-state index in [0.29, 0.717) is 12.1 Å². The summed E-state index contributed by atoms with van der Waals surface area (Å²) >= 11 is 0. The molecular formula is C8H4F6O. The summed E-state index contributed by atoms with van der Waals surface area (Å²) in [5, 5.41) is 8.60. The molecule has 1 aromatic carbocycles.